The van der Waals surface area contributed by atoms with E-state index in [1.165, 1.54) is 37.5 Å². The van der Waals surface area contributed by atoms with Crippen LogP contribution in [0.3, 0.4) is 0 Å². The lowest BCUT2D eigenvalue weighted by molar-refractivity contribution is 0.516. The van der Waals surface area contributed by atoms with Crippen molar-refractivity contribution in [2.45, 2.75) is 42.4 Å². The van der Waals surface area contributed by atoms with Gasteiger partial charge in [-0.05, 0) is 31.0 Å². The fraction of sp³-hybridized carbons (Fsp3) is 0.429. The molecule has 3 rings (SSSR count). The summed E-state index contributed by atoms with van der Waals surface area (Å²) in [6, 6.07) is 6.21. The van der Waals surface area contributed by atoms with Crippen molar-refractivity contribution in [2.24, 2.45) is 0 Å². The molecule has 1 aromatic carbocycles. The average molecular weight is 323 g/mol. The third kappa shape index (κ3) is 2.69. The molecule has 1 heterocycles. The van der Waals surface area contributed by atoms with Gasteiger partial charge in [-0.2, -0.15) is 0 Å². The van der Waals surface area contributed by atoms with Crippen molar-refractivity contribution in [2.75, 3.05) is 0 Å². The quantitative estimate of drug-likeness (QED) is 0.741. The number of nitrogens with zero attached hydrogens (tertiary/aromatic N) is 2. The van der Waals surface area contributed by atoms with Crippen molar-refractivity contribution < 1.29 is 0 Å². The van der Waals surface area contributed by atoms with E-state index in [1.54, 1.807) is 6.33 Å². The Bertz CT molecular complexity index is 552. The Kier molecular flexibility index (Phi) is 3.85. The van der Waals surface area contributed by atoms with E-state index in [2.05, 4.69) is 32.0 Å². The van der Waals surface area contributed by atoms with E-state index in [0.29, 0.717) is 0 Å². The lowest BCUT2D eigenvalue weighted by atomic mass is 10.0. The molecule has 2 aromatic rings. The second kappa shape index (κ2) is 5.57. The average Bonchev–Trinajstić information content (AvgIpc) is 2.41. The van der Waals surface area contributed by atoms with Crippen LogP contribution >= 0.6 is 27.7 Å². The molecule has 0 atom stereocenters. The Balaban J connectivity index is 1.92. The van der Waals surface area contributed by atoms with Gasteiger partial charge in [0.2, 0.25) is 0 Å². The number of fused-ring (bicyclic) bond motifs is 1. The second-order valence-electron chi connectivity index (χ2n) is 4.72. The van der Waals surface area contributed by atoms with Crippen LogP contribution in [0, 0.1) is 0 Å². The molecular formula is C14H15BrN2S. The lowest BCUT2D eigenvalue weighted by Crippen LogP contribution is -2.08. The first-order chi connectivity index (χ1) is 8.83. The third-order valence-corrected chi connectivity index (χ3v) is 5.24. The molecule has 1 aliphatic carbocycles. The van der Waals surface area contributed by atoms with E-state index in [1.807, 2.05) is 23.9 Å². The van der Waals surface area contributed by atoms with Crippen LogP contribution < -0.4 is 0 Å². The maximum atomic E-state index is 4.47. The topological polar surface area (TPSA) is 25.8 Å². The highest BCUT2D eigenvalue weighted by atomic mass is 79.9. The molecule has 4 heteroatoms. The summed E-state index contributed by atoms with van der Waals surface area (Å²) in [6.45, 7) is 0. The van der Waals surface area contributed by atoms with E-state index in [4.69, 9.17) is 0 Å². The van der Waals surface area contributed by atoms with Crippen LogP contribution in [-0.4, -0.2) is 15.2 Å². The van der Waals surface area contributed by atoms with Gasteiger partial charge in [0.05, 0.1) is 5.52 Å². The first-order valence-corrected chi connectivity index (χ1v) is 8.07. The van der Waals surface area contributed by atoms with E-state index in [9.17, 15) is 0 Å². The first kappa shape index (κ1) is 12.4. The van der Waals surface area contributed by atoms with Crippen LogP contribution in [-0.2, 0) is 0 Å². The number of hydrogen-bond acceptors (Lipinski definition) is 3. The SMILES string of the molecule is Brc1ccc2ncnc(SC3CCCCC3)c2c1. The van der Waals surface area contributed by atoms with Crippen molar-refractivity contribution in [3.05, 3.63) is 29.0 Å². The van der Waals surface area contributed by atoms with E-state index in [0.717, 1.165) is 20.3 Å². The summed E-state index contributed by atoms with van der Waals surface area (Å²) in [5, 5.41) is 3.03. The van der Waals surface area contributed by atoms with E-state index in [-0.39, 0.29) is 0 Å². The molecule has 1 fully saturated rings. The molecule has 0 aliphatic heterocycles. The van der Waals surface area contributed by atoms with Crippen LogP contribution in [0.25, 0.3) is 10.9 Å². The summed E-state index contributed by atoms with van der Waals surface area (Å²) < 4.78 is 1.09. The minimum atomic E-state index is 0.732. The van der Waals surface area contributed by atoms with Gasteiger partial charge >= 0.3 is 0 Å². The Labute approximate surface area is 120 Å². The van der Waals surface area contributed by atoms with Gasteiger partial charge in [-0.3, -0.25) is 0 Å². The molecule has 0 N–H and O–H groups in total. The molecule has 1 saturated carbocycles. The molecule has 0 bridgehead atoms. The maximum absolute atomic E-state index is 4.47. The highest BCUT2D eigenvalue weighted by molar-refractivity contribution is 9.10. The van der Waals surface area contributed by atoms with Crippen LogP contribution in [0.4, 0.5) is 0 Å². The fourth-order valence-electron chi connectivity index (χ4n) is 2.44. The normalized spacial score (nSPS) is 17.2. The molecule has 2 nitrogen and oxygen atoms in total. The minimum Gasteiger partial charge on any atom is -0.236 e. The van der Waals surface area contributed by atoms with Gasteiger partial charge in [0.15, 0.2) is 0 Å². The van der Waals surface area contributed by atoms with Crippen LogP contribution in [0.2, 0.25) is 0 Å². The predicted molar refractivity (Wildman–Crippen MR) is 80.0 cm³/mol. The molecular weight excluding hydrogens is 308 g/mol. The van der Waals surface area contributed by atoms with Gasteiger partial charge in [0, 0.05) is 15.1 Å². The van der Waals surface area contributed by atoms with Gasteiger partial charge in [0.25, 0.3) is 0 Å². The zero-order valence-corrected chi connectivity index (χ0v) is 12.5. The molecule has 0 spiro atoms. The molecule has 1 aromatic heterocycles. The molecule has 0 radical (unpaired) electrons. The molecule has 18 heavy (non-hydrogen) atoms. The largest absolute Gasteiger partial charge is 0.236 e. The van der Waals surface area contributed by atoms with Gasteiger partial charge in [0.1, 0.15) is 11.4 Å². The van der Waals surface area contributed by atoms with Crippen molar-refractivity contribution in [1.82, 2.24) is 9.97 Å². The number of hydrogen-bond donors (Lipinski definition) is 0. The van der Waals surface area contributed by atoms with Crippen molar-refractivity contribution in [1.29, 1.82) is 0 Å². The zero-order chi connectivity index (χ0) is 12.4. The highest BCUT2D eigenvalue weighted by Crippen LogP contribution is 2.35. The Morgan fingerprint density at radius 2 is 1.94 bits per heavy atom. The molecule has 94 valence electrons. The molecule has 0 amide bonds. The van der Waals surface area contributed by atoms with E-state index < -0.39 is 0 Å². The van der Waals surface area contributed by atoms with Crippen molar-refractivity contribution in [3.63, 3.8) is 0 Å². The fourth-order valence-corrected chi connectivity index (χ4v) is 4.08. The highest BCUT2D eigenvalue weighted by Gasteiger charge is 2.16. The standard InChI is InChI=1S/C14H15BrN2S/c15-10-6-7-13-12(8-10)14(17-9-16-13)18-11-4-2-1-3-5-11/h6-9,11H,1-5H2. The van der Waals surface area contributed by atoms with Crippen molar-refractivity contribution >= 4 is 38.6 Å². The first-order valence-electron chi connectivity index (χ1n) is 6.40. The van der Waals surface area contributed by atoms with Crippen LogP contribution in [0.5, 0.6) is 0 Å². The molecule has 0 saturated heterocycles. The zero-order valence-electron chi connectivity index (χ0n) is 10.1. The Morgan fingerprint density at radius 3 is 2.78 bits per heavy atom. The number of aromatic nitrogens is 2. The number of halogens is 1. The monoisotopic (exact) mass is 322 g/mol. The van der Waals surface area contributed by atoms with Crippen molar-refractivity contribution in [3.8, 4) is 0 Å². The molecule has 1 aliphatic rings. The lowest BCUT2D eigenvalue weighted by Gasteiger charge is -2.20. The van der Waals surface area contributed by atoms with E-state index >= 15 is 0 Å². The van der Waals surface area contributed by atoms with Crippen LogP contribution in [0.15, 0.2) is 34.0 Å². The second-order valence-corrected chi connectivity index (χ2v) is 6.92. The molecule has 0 unspecified atom stereocenters. The smallest absolute Gasteiger partial charge is 0.117 e. The third-order valence-electron chi connectivity index (χ3n) is 3.39. The number of benzene rings is 1. The van der Waals surface area contributed by atoms with Gasteiger partial charge < -0.3 is 0 Å². The number of thioether (sulfide) groups is 1. The minimum absolute atomic E-state index is 0.732. The van der Waals surface area contributed by atoms with Gasteiger partial charge in [-0.25, -0.2) is 9.97 Å². The summed E-state index contributed by atoms with van der Waals surface area (Å²) in [6.07, 6.45) is 8.46. The van der Waals surface area contributed by atoms with Gasteiger partial charge in [-0.15, -0.1) is 11.8 Å². The summed E-state index contributed by atoms with van der Waals surface area (Å²) >= 11 is 5.46. The summed E-state index contributed by atoms with van der Waals surface area (Å²) in [5.74, 6) is 0. The summed E-state index contributed by atoms with van der Waals surface area (Å²) in [7, 11) is 0. The maximum Gasteiger partial charge on any atom is 0.117 e. The summed E-state index contributed by atoms with van der Waals surface area (Å²) in [4.78, 5) is 8.80. The van der Waals surface area contributed by atoms with Crippen LogP contribution in [0.1, 0.15) is 32.1 Å². The predicted octanol–water partition coefficient (Wildman–Crippen LogP) is 4.82. The summed E-state index contributed by atoms with van der Waals surface area (Å²) in [5.41, 5.74) is 1.03. The Morgan fingerprint density at radius 1 is 1.11 bits per heavy atom. The Hall–Kier alpha value is -0.610. The number of rotatable bonds is 2. The van der Waals surface area contributed by atoms with Gasteiger partial charge in [-0.1, -0.05) is 35.2 Å².